The maximum atomic E-state index is 11.2. The second-order valence-electron chi connectivity index (χ2n) is 9.33. The van der Waals surface area contributed by atoms with E-state index in [1.807, 2.05) is 0 Å². The molecule has 0 spiro atoms. The monoisotopic (exact) mass is 396 g/mol. The van der Waals surface area contributed by atoms with Crippen LogP contribution in [0.3, 0.4) is 0 Å². The van der Waals surface area contributed by atoms with Crippen LogP contribution in [0.5, 0.6) is 0 Å². The Morgan fingerprint density at radius 2 is 1.61 bits per heavy atom. The first-order valence-electron chi connectivity index (χ1n) is 11.7. The van der Waals surface area contributed by atoms with Gasteiger partial charge in [-0.25, -0.2) is 4.79 Å². The van der Waals surface area contributed by atoms with Crippen LogP contribution in [-0.2, 0) is 9.53 Å². The Morgan fingerprint density at radius 1 is 1.04 bits per heavy atom. The maximum Gasteiger partial charge on any atom is 0.330 e. The van der Waals surface area contributed by atoms with Crippen LogP contribution >= 0.6 is 0 Å². The summed E-state index contributed by atoms with van der Waals surface area (Å²) in [5.41, 5.74) is 0. The second-order valence-corrected chi connectivity index (χ2v) is 9.33. The van der Waals surface area contributed by atoms with E-state index in [0.717, 1.165) is 30.3 Å². The molecule has 1 fully saturated rings. The number of rotatable bonds is 15. The molecule has 28 heavy (non-hydrogen) atoms. The molecule has 0 aromatic carbocycles. The zero-order valence-corrected chi connectivity index (χ0v) is 18.8. The zero-order chi connectivity index (χ0) is 20.8. The third-order valence-corrected chi connectivity index (χ3v) is 6.50. The minimum Gasteiger partial charge on any atom is -0.462 e. The Kier molecular flexibility index (Phi) is 12.7. The van der Waals surface area contributed by atoms with Gasteiger partial charge in [-0.15, -0.1) is 0 Å². The largest absolute Gasteiger partial charge is 0.462 e. The molecule has 4 nitrogen and oxygen atoms in total. The fourth-order valence-electron chi connectivity index (χ4n) is 4.61. The van der Waals surface area contributed by atoms with Gasteiger partial charge in [-0.1, -0.05) is 64.9 Å². The molecule has 1 saturated carbocycles. The number of ether oxygens (including phenoxy) is 1. The van der Waals surface area contributed by atoms with Gasteiger partial charge < -0.3 is 14.3 Å². The van der Waals surface area contributed by atoms with Gasteiger partial charge in [-0.3, -0.25) is 0 Å². The number of hydrogen-bond acceptors (Lipinski definition) is 3. The number of carbonyl (C=O) groups is 1. The number of aliphatic hydroxyl groups excluding tert-OH is 1. The van der Waals surface area contributed by atoms with Crippen molar-refractivity contribution < 1.29 is 19.1 Å². The summed E-state index contributed by atoms with van der Waals surface area (Å²) in [4.78, 5) is 11.2. The Labute approximate surface area is 173 Å². The molecule has 0 aromatic heterocycles. The Balaban J connectivity index is 2.17. The third kappa shape index (κ3) is 10.1. The van der Waals surface area contributed by atoms with Crippen LogP contribution in [0.4, 0.5) is 0 Å². The SMILES string of the molecule is C=CC(=O)OCC1CCC([N+](C)(C)CCCCCCCCCCCC)C(O)C1. The topological polar surface area (TPSA) is 46.5 Å². The fourth-order valence-corrected chi connectivity index (χ4v) is 4.61. The van der Waals surface area contributed by atoms with Crippen LogP contribution in [0.15, 0.2) is 12.7 Å². The van der Waals surface area contributed by atoms with Crippen molar-refractivity contribution in [3.63, 3.8) is 0 Å². The van der Waals surface area contributed by atoms with Crippen LogP contribution in [-0.4, -0.2) is 55.0 Å². The molecule has 164 valence electrons. The van der Waals surface area contributed by atoms with Gasteiger partial charge in [0, 0.05) is 12.5 Å². The Morgan fingerprint density at radius 3 is 2.14 bits per heavy atom. The van der Waals surface area contributed by atoms with Crippen molar-refractivity contribution in [1.82, 2.24) is 0 Å². The molecule has 3 unspecified atom stereocenters. The summed E-state index contributed by atoms with van der Waals surface area (Å²) in [5.74, 6) is -0.0961. The summed E-state index contributed by atoms with van der Waals surface area (Å²) < 4.78 is 6.07. The fraction of sp³-hybridized carbons (Fsp3) is 0.875. The minimum atomic E-state index is -0.367. The quantitative estimate of drug-likeness (QED) is 0.178. The van der Waals surface area contributed by atoms with Gasteiger partial charge in [0.1, 0.15) is 12.1 Å². The van der Waals surface area contributed by atoms with Crippen LogP contribution in [0, 0.1) is 5.92 Å². The third-order valence-electron chi connectivity index (χ3n) is 6.50. The summed E-state index contributed by atoms with van der Waals surface area (Å²) in [6, 6.07) is 0.296. The van der Waals surface area contributed by atoms with Gasteiger partial charge >= 0.3 is 5.97 Å². The lowest BCUT2D eigenvalue weighted by atomic mass is 9.82. The lowest BCUT2D eigenvalue weighted by molar-refractivity contribution is -0.920. The lowest BCUT2D eigenvalue weighted by Gasteiger charge is -2.44. The number of carbonyl (C=O) groups excluding carboxylic acids is 1. The Bertz CT molecular complexity index is 436. The van der Waals surface area contributed by atoms with Gasteiger partial charge in [0.2, 0.25) is 0 Å². The van der Waals surface area contributed by atoms with E-state index in [2.05, 4.69) is 27.6 Å². The molecule has 0 heterocycles. The number of nitrogens with zero attached hydrogens (tertiary/aromatic N) is 1. The molecule has 0 radical (unpaired) electrons. The molecule has 0 aromatic rings. The molecule has 1 aliphatic rings. The van der Waals surface area contributed by atoms with Gasteiger partial charge in [0.05, 0.1) is 27.2 Å². The first-order chi connectivity index (χ1) is 13.4. The number of hydrogen-bond donors (Lipinski definition) is 1. The second kappa shape index (κ2) is 14.2. The van der Waals surface area contributed by atoms with Crippen LogP contribution < -0.4 is 0 Å². The average Bonchev–Trinajstić information content (AvgIpc) is 2.67. The van der Waals surface area contributed by atoms with Gasteiger partial charge in [-0.2, -0.15) is 0 Å². The maximum absolute atomic E-state index is 11.2. The van der Waals surface area contributed by atoms with E-state index >= 15 is 0 Å². The average molecular weight is 397 g/mol. The van der Waals surface area contributed by atoms with Crippen molar-refractivity contribution in [2.24, 2.45) is 5.92 Å². The van der Waals surface area contributed by atoms with Crippen molar-refractivity contribution in [2.45, 2.75) is 103 Å². The van der Waals surface area contributed by atoms with E-state index in [1.54, 1.807) is 0 Å². The van der Waals surface area contributed by atoms with Crippen LogP contribution in [0.25, 0.3) is 0 Å². The van der Waals surface area contributed by atoms with E-state index < -0.39 is 0 Å². The predicted molar refractivity (Wildman–Crippen MR) is 117 cm³/mol. The molecule has 0 amide bonds. The van der Waals surface area contributed by atoms with Crippen molar-refractivity contribution in [2.75, 3.05) is 27.2 Å². The molecule has 0 saturated heterocycles. The molecule has 4 heteroatoms. The summed E-state index contributed by atoms with van der Waals surface area (Å²) in [7, 11) is 4.53. The number of likely N-dealkylation sites (N-methyl/N-ethyl adjacent to an activating group) is 1. The van der Waals surface area contributed by atoms with Gasteiger partial charge in [-0.05, 0) is 31.6 Å². The van der Waals surface area contributed by atoms with Crippen molar-refractivity contribution >= 4 is 5.97 Å². The normalized spacial score (nSPS) is 22.8. The van der Waals surface area contributed by atoms with Crippen molar-refractivity contribution in [1.29, 1.82) is 0 Å². The van der Waals surface area contributed by atoms with E-state index in [0.29, 0.717) is 12.6 Å². The predicted octanol–water partition coefficient (Wildman–Crippen LogP) is 5.24. The number of esters is 1. The highest BCUT2D eigenvalue weighted by molar-refractivity contribution is 5.81. The van der Waals surface area contributed by atoms with Crippen molar-refractivity contribution in [3.8, 4) is 0 Å². The molecular formula is C24H46NO3+. The molecule has 1 N–H and O–H groups in total. The molecule has 1 rings (SSSR count). The summed E-state index contributed by atoms with van der Waals surface area (Å²) in [6.07, 6.45) is 17.2. The number of unbranched alkanes of at least 4 members (excludes halogenated alkanes) is 9. The van der Waals surface area contributed by atoms with Crippen LogP contribution in [0.2, 0.25) is 0 Å². The first kappa shape index (κ1) is 25.2. The summed E-state index contributed by atoms with van der Waals surface area (Å²) >= 11 is 0. The van der Waals surface area contributed by atoms with Crippen molar-refractivity contribution in [3.05, 3.63) is 12.7 Å². The lowest BCUT2D eigenvalue weighted by Crippen LogP contribution is -2.57. The van der Waals surface area contributed by atoms with Gasteiger partial charge in [0.15, 0.2) is 0 Å². The van der Waals surface area contributed by atoms with E-state index in [-0.39, 0.29) is 18.0 Å². The zero-order valence-electron chi connectivity index (χ0n) is 18.8. The van der Waals surface area contributed by atoms with E-state index in [4.69, 9.17) is 4.74 Å². The Hall–Kier alpha value is -0.870. The summed E-state index contributed by atoms with van der Waals surface area (Å²) in [6.45, 7) is 7.23. The molecule has 3 atom stereocenters. The van der Waals surface area contributed by atoms with Gasteiger partial charge in [0.25, 0.3) is 0 Å². The van der Waals surface area contributed by atoms with E-state index in [9.17, 15) is 9.90 Å². The standard InChI is InChI=1S/C24H46NO3/c1-5-7-8-9-10-11-12-13-14-15-18-25(3,4)22-17-16-21(19-23(22)26)20-28-24(27)6-2/h6,21-23,26H,2,5,7-20H2,1,3-4H3/q+1. The highest BCUT2D eigenvalue weighted by Gasteiger charge is 2.39. The summed E-state index contributed by atoms with van der Waals surface area (Å²) in [5, 5.41) is 10.7. The number of aliphatic hydroxyl groups is 1. The smallest absolute Gasteiger partial charge is 0.330 e. The molecule has 0 aliphatic heterocycles. The van der Waals surface area contributed by atoms with Crippen LogP contribution in [0.1, 0.15) is 90.4 Å². The highest BCUT2D eigenvalue weighted by atomic mass is 16.5. The molecule has 1 aliphatic carbocycles. The molecular weight excluding hydrogens is 350 g/mol. The minimum absolute atomic E-state index is 0.271. The highest BCUT2D eigenvalue weighted by Crippen LogP contribution is 2.31. The number of quaternary nitrogens is 1. The molecule has 0 bridgehead atoms. The first-order valence-corrected chi connectivity index (χ1v) is 11.7. The van der Waals surface area contributed by atoms with E-state index in [1.165, 1.54) is 70.3 Å².